The van der Waals surface area contributed by atoms with E-state index in [1.165, 1.54) is 6.92 Å². The number of aromatic amines is 1. The molecule has 0 fully saturated rings. The number of amides is 2. The zero-order valence-corrected chi connectivity index (χ0v) is 10.3. The van der Waals surface area contributed by atoms with Crippen molar-refractivity contribution in [2.75, 3.05) is 5.32 Å². The van der Waals surface area contributed by atoms with Crippen molar-refractivity contribution in [3.05, 3.63) is 11.4 Å². The van der Waals surface area contributed by atoms with Crippen LogP contribution in [0.5, 0.6) is 0 Å². The third-order valence-corrected chi connectivity index (χ3v) is 2.40. The van der Waals surface area contributed by atoms with Gasteiger partial charge >= 0.3 is 12.0 Å². The van der Waals surface area contributed by atoms with E-state index in [9.17, 15) is 14.7 Å². The lowest BCUT2D eigenvalue weighted by Gasteiger charge is -2.17. The molecule has 0 saturated heterocycles. The largest absolute Gasteiger partial charge is 0.480 e. The second-order valence-electron chi connectivity index (χ2n) is 3.96. The van der Waals surface area contributed by atoms with Gasteiger partial charge in [-0.25, -0.2) is 9.59 Å². The standard InChI is InChI=1S/C10H16N4O4/c1-4-7(5(2)14-13-4)11-10(18)12-8(6(3)15)9(16)17/h6,8,15H,1-3H3,(H,13,14)(H,16,17)(H2,11,12,18). The SMILES string of the molecule is Cc1n[nH]c(C)c1NC(=O)NC(C(=O)O)C(C)O. The summed E-state index contributed by atoms with van der Waals surface area (Å²) in [5, 5.41) is 29.2. The highest BCUT2D eigenvalue weighted by atomic mass is 16.4. The Morgan fingerprint density at radius 1 is 1.39 bits per heavy atom. The average molecular weight is 256 g/mol. The molecule has 1 aromatic heterocycles. The highest BCUT2D eigenvalue weighted by Crippen LogP contribution is 2.15. The van der Waals surface area contributed by atoms with Gasteiger partial charge in [-0.15, -0.1) is 0 Å². The number of nitrogens with one attached hydrogen (secondary N) is 3. The van der Waals surface area contributed by atoms with Crippen molar-refractivity contribution in [3.8, 4) is 0 Å². The van der Waals surface area contributed by atoms with Crippen LogP contribution in [0.4, 0.5) is 10.5 Å². The third-order valence-electron chi connectivity index (χ3n) is 2.40. The number of urea groups is 1. The predicted octanol–water partition coefficient (Wildman–Crippen LogP) is -0.0180. The Morgan fingerprint density at radius 3 is 2.39 bits per heavy atom. The van der Waals surface area contributed by atoms with E-state index in [2.05, 4.69) is 20.8 Å². The Labute approximate surface area is 103 Å². The number of nitrogens with zero attached hydrogens (tertiary/aromatic N) is 1. The number of aliphatic hydroxyl groups excluding tert-OH is 1. The predicted molar refractivity (Wildman–Crippen MR) is 63.3 cm³/mol. The van der Waals surface area contributed by atoms with Gasteiger partial charge in [0.15, 0.2) is 6.04 Å². The minimum atomic E-state index is -1.36. The maximum Gasteiger partial charge on any atom is 0.328 e. The number of hydrogen-bond acceptors (Lipinski definition) is 4. The van der Waals surface area contributed by atoms with Crippen LogP contribution in [0.1, 0.15) is 18.3 Å². The minimum Gasteiger partial charge on any atom is -0.480 e. The fourth-order valence-corrected chi connectivity index (χ4v) is 1.41. The van der Waals surface area contributed by atoms with E-state index in [4.69, 9.17) is 5.11 Å². The molecule has 0 aliphatic heterocycles. The number of aliphatic hydroxyl groups is 1. The zero-order chi connectivity index (χ0) is 13.9. The first-order valence-corrected chi connectivity index (χ1v) is 5.33. The highest BCUT2D eigenvalue weighted by Gasteiger charge is 2.25. The fourth-order valence-electron chi connectivity index (χ4n) is 1.41. The number of aromatic nitrogens is 2. The van der Waals surface area contributed by atoms with Crippen molar-refractivity contribution in [1.29, 1.82) is 0 Å². The Bertz CT molecular complexity index is 435. The average Bonchev–Trinajstić information content (AvgIpc) is 2.56. The van der Waals surface area contributed by atoms with Gasteiger partial charge in [0.05, 0.1) is 23.2 Å². The lowest BCUT2D eigenvalue weighted by molar-refractivity contribution is -0.141. The van der Waals surface area contributed by atoms with Gasteiger partial charge < -0.3 is 20.8 Å². The fraction of sp³-hybridized carbons (Fsp3) is 0.500. The third kappa shape index (κ3) is 3.20. The number of carboxylic acids is 1. The summed E-state index contributed by atoms with van der Waals surface area (Å²) in [5.41, 5.74) is 1.74. The molecule has 1 rings (SSSR count). The van der Waals surface area contributed by atoms with Crippen molar-refractivity contribution in [2.45, 2.75) is 32.9 Å². The van der Waals surface area contributed by atoms with Crippen LogP contribution in [0.3, 0.4) is 0 Å². The van der Waals surface area contributed by atoms with Crippen LogP contribution >= 0.6 is 0 Å². The van der Waals surface area contributed by atoms with Gasteiger partial charge in [0.1, 0.15) is 0 Å². The Kier molecular flexibility index (Phi) is 4.27. The van der Waals surface area contributed by atoms with E-state index in [1.54, 1.807) is 13.8 Å². The summed E-state index contributed by atoms with van der Waals surface area (Å²) < 4.78 is 0. The molecule has 5 N–H and O–H groups in total. The molecule has 8 nitrogen and oxygen atoms in total. The second-order valence-corrected chi connectivity index (χ2v) is 3.96. The Morgan fingerprint density at radius 2 is 2.00 bits per heavy atom. The van der Waals surface area contributed by atoms with E-state index in [-0.39, 0.29) is 0 Å². The van der Waals surface area contributed by atoms with Gasteiger partial charge in [0.25, 0.3) is 0 Å². The van der Waals surface area contributed by atoms with Crippen molar-refractivity contribution >= 4 is 17.7 Å². The van der Waals surface area contributed by atoms with Gasteiger partial charge in [-0.3, -0.25) is 5.10 Å². The number of carbonyl (C=O) groups excluding carboxylic acids is 1. The number of rotatable bonds is 4. The number of hydrogen-bond donors (Lipinski definition) is 5. The van der Waals surface area contributed by atoms with E-state index in [0.29, 0.717) is 17.1 Å². The highest BCUT2D eigenvalue weighted by molar-refractivity contribution is 5.93. The minimum absolute atomic E-state index is 0.488. The van der Waals surface area contributed by atoms with Gasteiger partial charge in [-0.1, -0.05) is 0 Å². The molecular formula is C10H16N4O4. The van der Waals surface area contributed by atoms with Crippen molar-refractivity contribution < 1.29 is 19.8 Å². The first-order valence-electron chi connectivity index (χ1n) is 5.33. The molecular weight excluding hydrogens is 240 g/mol. The normalized spacial score (nSPS) is 13.8. The van der Waals surface area contributed by atoms with Gasteiger partial charge in [-0.05, 0) is 20.8 Å². The maximum absolute atomic E-state index is 11.6. The molecule has 0 saturated carbocycles. The van der Waals surface area contributed by atoms with Crippen molar-refractivity contribution in [2.24, 2.45) is 0 Å². The summed E-state index contributed by atoms with van der Waals surface area (Å²) in [4.78, 5) is 22.4. The van der Waals surface area contributed by atoms with Crippen LogP contribution in [-0.4, -0.2) is 44.6 Å². The van der Waals surface area contributed by atoms with Gasteiger partial charge in [-0.2, -0.15) is 5.10 Å². The molecule has 2 amide bonds. The summed E-state index contributed by atoms with van der Waals surface area (Å²) in [6, 6.07) is -2.08. The van der Waals surface area contributed by atoms with Crippen LogP contribution in [-0.2, 0) is 4.79 Å². The van der Waals surface area contributed by atoms with Gasteiger partial charge in [0, 0.05) is 0 Å². The summed E-state index contributed by atoms with van der Waals surface area (Å²) in [6.07, 6.45) is -1.19. The molecule has 0 aromatic carbocycles. The number of carbonyl (C=O) groups is 2. The van der Waals surface area contributed by atoms with Gasteiger partial charge in [0.2, 0.25) is 0 Å². The lowest BCUT2D eigenvalue weighted by Crippen LogP contribution is -2.49. The molecule has 0 aliphatic carbocycles. The molecule has 100 valence electrons. The zero-order valence-electron chi connectivity index (χ0n) is 10.3. The molecule has 1 aromatic rings. The van der Waals surface area contributed by atoms with E-state index in [0.717, 1.165) is 0 Å². The molecule has 8 heteroatoms. The lowest BCUT2D eigenvalue weighted by atomic mass is 10.2. The number of aryl methyl sites for hydroxylation is 2. The quantitative estimate of drug-likeness (QED) is 0.517. The molecule has 2 atom stereocenters. The van der Waals surface area contributed by atoms with Crippen molar-refractivity contribution in [3.63, 3.8) is 0 Å². The molecule has 0 spiro atoms. The topological polar surface area (TPSA) is 127 Å². The number of H-pyrrole nitrogens is 1. The van der Waals surface area contributed by atoms with Crippen LogP contribution < -0.4 is 10.6 Å². The summed E-state index contributed by atoms with van der Waals surface area (Å²) in [6.45, 7) is 4.70. The number of aliphatic carboxylic acids is 1. The monoisotopic (exact) mass is 256 g/mol. The van der Waals surface area contributed by atoms with Crippen LogP contribution in [0.15, 0.2) is 0 Å². The smallest absolute Gasteiger partial charge is 0.328 e. The molecule has 0 radical (unpaired) electrons. The van der Waals surface area contributed by atoms with E-state index in [1.807, 2.05) is 0 Å². The number of anilines is 1. The molecule has 0 bridgehead atoms. The van der Waals surface area contributed by atoms with E-state index < -0.39 is 24.1 Å². The Balaban J connectivity index is 2.69. The first kappa shape index (κ1) is 14.0. The molecule has 18 heavy (non-hydrogen) atoms. The number of carboxylic acid groups (broad SMARTS) is 1. The van der Waals surface area contributed by atoms with E-state index >= 15 is 0 Å². The second kappa shape index (κ2) is 5.50. The van der Waals surface area contributed by atoms with Crippen LogP contribution in [0, 0.1) is 13.8 Å². The summed E-state index contributed by atoms with van der Waals surface area (Å²) in [5.74, 6) is -1.30. The molecule has 1 heterocycles. The van der Waals surface area contributed by atoms with Crippen LogP contribution in [0.25, 0.3) is 0 Å². The summed E-state index contributed by atoms with van der Waals surface area (Å²) in [7, 11) is 0. The maximum atomic E-state index is 11.6. The summed E-state index contributed by atoms with van der Waals surface area (Å²) >= 11 is 0. The van der Waals surface area contributed by atoms with Crippen LogP contribution in [0.2, 0.25) is 0 Å². The Hall–Kier alpha value is -2.09. The molecule has 2 unspecified atom stereocenters. The van der Waals surface area contributed by atoms with Crippen molar-refractivity contribution in [1.82, 2.24) is 15.5 Å². The molecule has 0 aliphatic rings. The first-order chi connectivity index (χ1) is 8.32.